The van der Waals surface area contributed by atoms with E-state index < -0.39 is 67.9 Å². The highest BCUT2D eigenvalue weighted by Crippen LogP contribution is 2.42. The fourth-order valence-corrected chi connectivity index (χ4v) is 3.24. The van der Waals surface area contributed by atoms with Crippen LogP contribution in [0.25, 0.3) is 0 Å². The third-order valence-electron chi connectivity index (χ3n) is 3.73. The summed E-state index contributed by atoms with van der Waals surface area (Å²) in [6.45, 7) is 0.325. The molecule has 150 valence electrons. The molecule has 0 saturated carbocycles. The van der Waals surface area contributed by atoms with Gasteiger partial charge in [0.1, 0.15) is 24.5 Å². The number of aliphatic hydroxyl groups excluding tert-OH is 2. The van der Waals surface area contributed by atoms with Gasteiger partial charge in [0.2, 0.25) is 0 Å². The van der Waals surface area contributed by atoms with Crippen LogP contribution in [0.1, 0.15) is 23.5 Å². The highest BCUT2D eigenvalue weighted by molar-refractivity contribution is 7.53. The van der Waals surface area contributed by atoms with Gasteiger partial charge in [0.25, 0.3) is 5.56 Å². The van der Waals surface area contributed by atoms with Crippen molar-refractivity contribution < 1.29 is 43.6 Å². The highest BCUT2D eigenvalue weighted by Gasteiger charge is 2.45. The van der Waals surface area contributed by atoms with E-state index >= 15 is 0 Å². The molecule has 2 heterocycles. The molecule has 0 amide bonds. The van der Waals surface area contributed by atoms with E-state index in [1.807, 2.05) is 4.98 Å². The van der Waals surface area contributed by atoms with Gasteiger partial charge in [0, 0.05) is 6.20 Å². The molecular weight excluding hydrogens is 391 g/mol. The zero-order valence-electron chi connectivity index (χ0n) is 13.8. The normalized spacial score (nSPS) is 27.3. The summed E-state index contributed by atoms with van der Waals surface area (Å²) in [5.41, 5.74) is -2.35. The van der Waals surface area contributed by atoms with Crippen molar-refractivity contribution in [1.29, 1.82) is 0 Å². The number of H-pyrrole nitrogens is 1. The van der Waals surface area contributed by atoms with Gasteiger partial charge in [-0.05, 0) is 6.92 Å². The number of aliphatic hydroxyl groups is 2. The smallest absolute Gasteiger partial charge is 0.339 e. The fourth-order valence-electron chi connectivity index (χ4n) is 2.43. The number of aromatic nitrogens is 2. The lowest BCUT2D eigenvalue weighted by Gasteiger charge is -2.18. The topological polar surface area (TPSA) is 205 Å². The Balaban J connectivity index is 2.22. The quantitative estimate of drug-likeness (QED) is 0.238. The molecule has 1 aliphatic heterocycles. The maximum atomic E-state index is 11.9. The van der Waals surface area contributed by atoms with Crippen molar-refractivity contribution in [3.63, 3.8) is 0 Å². The molecule has 1 aromatic rings. The molecule has 5 N–H and O–H groups in total. The monoisotopic (exact) mass is 408 g/mol. The largest absolute Gasteiger partial charge is 0.481 e. The summed E-state index contributed by atoms with van der Waals surface area (Å²) in [6, 6.07) is 0. The first-order chi connectivity index (χ1) is 12.4. The Morgan fingerprint density at radius 1 is 1.33 bits per heavy atom. The van der Waals surface area contributed by atoms with E-state index in [0.717, 1.165) is 13.1 Å². The van der Waals surface area contributed by atoms with Gasteiger partial charge < -0.3 is 29.5 Å². The van der Waals surface area contributed by atoms with Crippen molar-refractivity contribution in [3.8, 4) is 0 Å². The first-order valence-corrected chi connectivity index (χ1v) is 9.25. The number of ether oxygens (including phenoxy) is 1. The van der Waals surface area contributed by atoms with Crippen molar-refractivity contribution >= 4 is 19.3 Å². The molecule has 1 fully saturated rings. The van der Waals surface area contributed by atoms with Crippen molar-refractivity contribution in [2.45, 2.75) is 31.5 Å². The lowest BCUT2D eigenvalue weighted by molar-refractivity contribution is -0.134. The minimum Gasteiger partial charge on any atom is -0.481 e. The number of hydrogen-bond donors (Lipinski definition) is 5. The van der Waals surface area contributed by atoms with Crippen LogP contribution in [0.3, 0.4) is 0 Å². The molecule has 1 saturated heterocycles. The molecule has 27 heavy (non-hydrogen) atoms. The van der Waals surface area contributed by atoms with E-state index in [1.165, 1.54) is 0 Å². The summed E-state index contributed by atoms with van der Waals surface area (Å²) in [7, 11) is -4.51. The van der Waals surface area contributed by atoms with Gasteiger partial charge in [-0.25, -0.2) is 4.79 Å². The lowest BCUT2D eigenvalue weighted by atomic mass is 10.1. The predicted octanol–water partition coefficient (Wildman–Crippen LogP) is -2.35. The van der Waals surface area contributed by atoms with E-state index in [9.17, 15) is 38.8 Å². The van der Waals surface area contributed by atoms with Crippen LogP contribution in [0, 0.1) is 0 Å². The van der Waals surface area contributed by atoms with Crippen molar-refractivity contribution in [1.82, 2.24) is 9.55 Å². The number of hydrogen-bond acceptors (Lipinski definition) is 9. The minimum atomic E-state index is -4.51. The van der Waals surface area contributed by atoms with E-state index in [-0.39, 0.29) is 5.56 Å². The van der Waals surface area contributed by atoms with Crippen LogP contribution in [-0.4, -0.2) is 72.6 Å². The second kappa shape index (κ2) is 7.84. The Kier molecular flexibility index (Phi) is 6.14. The van der Waals surface area contributed by atoms with Gasteiger partial charge in [0.05, 0.1) is 12.2 Å². The number of nitrogens with zero attached hydrogens (tertiary/aromatic N) is 1. The molecule has 0 spiro atoms. The molecular formula is C13H17N2O11P. The van der Waals surface area contributed by atoms with E-state index in [1.54, 1.807) is 0 Å². The third-order valence-corrected chi connectivity index (χ3v) is 4.96. The molecule has 5 atom stereocenters. The van der Waals surface area contributed by atoms with Crippen molar-refractivity contribution in [2.75, 3.05) is 12.8 Å². The number of Topliss-reactive ketones (excluding diaryl/α,β-unsaturated/α-hetero) is 1. The highest BCUT2D eigenvalue weighted by atomic mass is 31.2. The average molecular weight is 408 g/mol. The number of carbonyl (C=O) groups is 2. The third kappa shape index (κ3) is 4.77. The van der Waals surface area contributed by atoms with E-state index in [2.05, 4.69) is 4.52 Å². The molecule has 2 rings (SSSR count). The van der Waals surface area contributed by atoms with Gasteiger partial charge in [-0.3, -0.25) is 28.5 Å². The Morgan fingerprint density at radius 3 is 2.52 bits per heavy atom. The fraction of sp³-hybridized carbons (Fsp3) is 0.538. The molecule has 0 aliphatic carbocycles. The zero-order valence-corrected chi connectivity index (χ0v) is 14.7. The Hall–Kier alpha value is -2.15. The van der Waals surface area contributed by atoms with E-state index in [4.69, 9.17) is 9.84 Å². The second-order valence-electron chi connectivity index (χ2n) is 5.80. The molecule has 14 heteroatoms. The van der Waals surface area contributed by atoms with Crippen LogP contribution >= 0.6 is 7.60 Å². The van der Waals surface area contributed by atoms with Crippen LogP contribution in [-0.2, 0) is 18.6 Å². The SMILES string of the molecule is CC(=O)c1cn(C2OC(COP(=O)(O)CC(=O)O)C(O)C2O)c(=O)[nH]c1=O. The molecule has 0 aromatic carbocycles. The average Bonchev–Trinajstić information content (AvgIpc) is 2.80. The number of carbonyl (C=O) groups excluding carboxylic acids is 1. The Labute approximate surface area is 150 Å². The second-order valence-corrected chi connectivity index (χ2v) is 7.65. The van der Waals surface area contributed by atoms with Gasteiger partial charge in [-0.2, -0.15) is 0 Å². The predicted molar refractivity (Wildman–Crippen MR) is 85.5 cm³/mol. The number of aromatic amines is 1. The summed E-state index contributed by atoms with van der Waals surface area (Å²) < 4.78 is 22.1. The summed E-state index contributed by atoms with van der Waals surface area (Å²) in [4.78, 5) is 56.7. The van der Waals surface area contributed by atoms with Crippen LogP contribution in [0.15, 0.2) is 15.8 Å². The number of carboxylic acid groups (broad SMARTS) is 1. The first-order valence-electron chi connectivity index (χ1n) is 7.49. The standard InChI is InChI=1S/C13H17N2O11P/c1-5(16)6-2-15(13(22)14-11(6)21)12-10(20)9(19)7(26-12)3-25-27(23,24)4-8(17)18/h2,7,9-10,12,19-20H,3-4H2,1H3,(H,17,18)(H,23,24)(H,14,21,22). The summed E-state index contributed by atoms with van der Waals surface area (Å²) in [5.74, 6) is -2.24. The molecule has 1 aliphatic rings. The number of nitrogens with one attached hydrogen (secondary N) is 1. The summed E-state index contributed by atoms with van der Waals surface area (Å²) >= 11 is 0. The zero-order chi connectivity index (χ0) is 20.5. The molecule has 0 radical (unpaired) electrons. The molecule has 5 unspecified atom stereocenters. The van der Waals surface area contributed by atoms with Gasteiger partial charge in [-0.1, -0.05) is 0 Å². The molecule has 13 nitrogen and oxygen atoms in total. The van der Waals surface area contributed by atoms with Gasteiger partial charge in [0.15, 0.2) is 12.0 Å². The maximum Gasteiger partial charge on any atom is 0.339 e. The Bertz CT molecular complexity index is 906. The van der Waals surface area contributed by atoms with Crippen molar-refractivity contribution in [2.24, 2.45) is 0 Å². The number of carboxylic acids is 1. The van der Waals surface area contributed by atoms with Crippen LogP contribution < -0.4 is 11.2 Å². The maximum absolute atomic E-state index is 11.9. The van der Waals surface area contributed by atoms with E-state index in [0.29, 0.717) is 4.57 Å². The van der Waals surface area contributed by atoms with Gasteiger partial charge >= 0.3 is 19.3 Å². The summed E-state index contributed by atoms with van der Waals surface area (Å²) in [5, 5.41) is 28.6. The van der Waals surface area contributed by atoms with Crippen LogP contribution in [0.4, 0.5) is 0 Å². The van der Waals surface area contributed by atoms with Gasteiger partial charge in [-0.15, -0.1) is 0 Å². The van der Waals surface area contributed by atoms with Crippen LogP contribution in [0.2, 0.25) is 0 Å². The number of rotatable bonds is 7. The number of aliphatic carboxylic acids is 1. The molecule has 1 aromatic heterocycles. The first kappa shape index (κ1) is 21.2. The van der Waals surface area contributed by atoms with Crippen LogP contribution in [0.5, 0.6) is 0 Å². The Morgan fingerprint density at radius 2 is 1.96 bits per heavy atom. The number of ketones is 1. The summed E-state index contributed by atoms with van der Waals surface area (Å²) in [6.07, 6.45) is -6.62. The minimum absolute atomic E-state index is 0.388. The van der Waals surface area contributed by atoms with Crippen molar-refractivity contribution in [3.05, 3.63) is 32.6 Å². The molecule has 0 bridgehead atoms. The lowest BCUT2D eigenvalue weighted by Crippen LogP contribution is -2.39.